The van der Waals surface area contributed by atoms with E-state index in [4.69, 9.17) is 17.4 Å². The number of hydrogen-bond donors (Lipinski definition) is 2. The maximum absolute atomic E-state index is 6.08. The molecule has 4 heteroatoms. The van der Waals surface area contributed by atoms with Crippen LogP contribution < -0.4 is 11.3 Å². The van der Waals surface area contributed by atoms with E-state index in [1.54, 1.807) is 0 Å². The van der Waals surface area contributed by atoms with Gasteiger partial charge in [0.15, 0.2) is 0 Å². The van der Waals surface area contributed by atoms with Crippen molar-refractivity contribution in [1.29, 1.82) is 0 Å². The Morgan fingerprint density at radius 1 is 1.64 bits per heavy atom. The van der Waals surface area contributed by atoms with Gasteiger partial charge in [-0.2, -0.15) is 0 Å². The molecule has 1 aromatic rings. The third kappa shape index (κ3) is 2.58. The molecule has 0 heterocycles. The molecular formula is C10H12BrClN2. The van der Waals surface area contributed by atoms with Crippen molar-refractivity contribution >= 4 is 27.5 Å². The van der Waals surface area contributed by atoms with Gasteiger partial charge in [-0.05, 0) is 24.6 Å². The fourth-order valence-corrected chi connectivity index (χ4v) is 2.02. The topological polar surface area (TPSA) is 38.0 Å². The number of nitrogens with one attached hydrogen (secondary N) is 1. The third-order valence-electron chi connectivity index (χ3n) is 1.93. The minimum atomic E-state index is -0.101. The number of rotatable bonds is 3. The van der Waals surface area contributed by atoms with Crippen molar-refractivity contribution < 1.29 is 0 Å². The molecule has 2 nitrogen and oxygen atoms in total. The maximum atomic E-state index is 6.08. The van der Waals surface area contributed by atoms with Gasteiger partial charge in [0.2, 0.25) is 0 Å². The van der Waals surface area contributed by atoms with Gasteiger partial charge in [0.25, 0.3) is 0 Å². The van der Waals surface area contributed by atoms with E-state index in [9.17, 15) is 0 Å². The Labute approximate surface area is 97.2 Å². The smallest absolute Gasteiger partial charge is 0.0679 e. The molecule has 76 valence electrons. The monoisotopic (exact) mass is 274 g/mol. The van der Waals surface area contributed by atoms with Gasteiger partial charge in [-0.15, -0.1) is 0 Å². The Balaban J connectivity index is 3.10. The number of benzene rings is 1. The van der Waals surface area contributed by atoms with Crippen molar-refractivity contribution in [2.45, 2.75) is 13.0 Å². The Hall–Kier alpha value is -0.350. The van der Waals surface area contributed by atoms with Crippen LogP contribution in [0, 0.1) is 0 Å². The Morgan fingerprint density at radius 3 is 2.71 bits per heavy atom. The van der Waals surface area contributed by atoms with Gasteiger partial charge in [0.1, 0.15) is 0 Å². The summed E-state index contributed by atoms with van der Waals surface area (Å²) < 4.78 is 0.948. The number of hydrazine groups is 1. The van der Waals surface area contributed by atoms with E-state index in [0.717, 1.165) is 15.6 Å². The average molecular weight is 276 g/mol. The normalized spacial score (nSPS) is 12.6. The molecule has 1 atom stereocenters. The van der Waals surface area contributed by atoms with Crippen LogP contribution in [0.25, 0.3) is 0 Å². The van der Waals surface area contributed by atoms with E-state index >= 15 is 0 Å². The van der Waals surface area contributed by atoms with Gasteiger partial charge in [0.05, 0.1) is 6.04 Å². The van der Waals surface area contributed by atoms with Crippen molar-refractivity contribution in [3.05, 3.63) is 45.4 Å². The highest BCUT2D eigenvalue weighted by atomic mass is 79.9. The lowest BCUT2D eigenvalue weighted by atomic mass is 10.0. The van der Waals surface area contributed by atoms with E-state index in [1.807, 2.05) is 25.1 Å². The summed E-state index contributed by atoms with van der Waals surface area (Å²) in [6.45, 7) is 5.76. The molecule has 3 N–H and O–H groups in total. The SMILES string of the molecule is C=C(C)C(NN)c1ccc(Br)cc1Cl. The summed E-state index contributed by atoms with van der Waals surface area (Å²) in [6, 6.07) is 5.58. The quantitative estimate of drug-likeness (QED) is 0.505. The molecule has 14 heavy (non-hydrogen) atoms. The van der Waals surface area contributed by atoms with Gasteiger partial charge in [-0.25, -0.2) is 5.43 Å². The predicted molar refractivity (Wildman–Crippen MR) is 64.0 cm³/mol. The molecule has 0 bridgehead atoms. The largest absolute Gasteiger partial charge is 0.271 e. The third-order valence-corrected chi connectivity index (χ3v) is 2.75. The zero-order chi connectivity index (χ0) is 10.7. The summed E-state index contributed by atoms with van der Waals surface area (Å²) in [7, 11) is 0. The van der Waals surface area contributed by atoms with Crippen molar-refractivity contribution in [3.8, 4) is 0 Å². The Kier molecular flexibility index (Phi) is 4.13. The van der Waals surface area contributed by atoms with E-state index < -0.39 is 0 Å². The van der Waals surface area contributed by atoms with Crippen molar-refractivity contribution in [1.82, 2.24) is 5.43 Å². The van der Waals surface area contributed by atoms with Crippen LogP contribution in [-0.2, 0) is 0 Å². The summed E-state index contributed by atoms with van der Waals surface area (Å²) in [6.07, 6.45) is 0. The lowest BCUT2D eigenvalue weighted by Crippen LogP contribution is -2.28. The maximum Gasteiger partial charge on any atom is 0.0679 e. The van der Waals surface area contributed by atoms with Crippen molar-refractivity contribution in [3.63, 3.8) is 0 Å². The Morgan fingerprint density at radius 2 is 2.29 bits per heavy atom. The van der Waals surface area contributed by atoms with E-state index in [-0.39, 0.29) is 6.04 Å². The lowest BCUT2D eigenvalue weighted by Gasteiger charge is -2.17. The molecule has 1 rings (SSSR count). The van der Waals surface area contributed by atoms with Gasteiger partial charge in [-0.3, -0.25) is 5.84 Å². The highest BCUT2D eigenvalue weighted by Gasteiger charge is 2.13. The van der Waals surface area contributed by atoms with Crippen LogP contribution in [0.2, 0.25) is 5.02 Å². The van der Waals surface area contributed by atoms with Crippen LogP contribution >= 0.6 is 27.5 Å². The zero-order valence-electron chi connectivity index (χ0n) is 7.85. The van der Waals surface area contributed by atoms with Gasteiger partial charge >= 0.3 is 0 Å². The summed E-state index contributed by atoms with van der Waals surface area (Å²) in [5, 5.41) is 0.672. The molecule has 0 aliphatic rings. The summed E-state index contributed by atoms with van der Waals surface area (Å²) in [5.74, 6) is 5.43. The first-order valence-corrected chi connectivity index (χ1v) is 5.30. The van der Waals surface area contributed by atoms with Gasteiger partial charge < -0.3 is 0 Å². The molecular weight excluding hydrogens is 263 g/mol. The number of halogens is 2. The number of hydrogen-bond acceptors (Lipinski definition) is 2. The lowest BCUT2D eigenvalue weighted by molar-refractivity contribution is 0.627. The van der Waals surface area contributed by atoms with E-state index in [2.05, 4.69) is 27.9 Å². The first-order valence-electron chi connectivity index (χ1n) is 4.12. The van der Waals surface area contributed by atoms with Crippen LogP contribution in [0.3, 0.4) is 0 Å². The Bertz CT molecular complexity index is 352. The molecule has 0 saturated heterocycles. The minimum absolute atomic E-state index is 0.101. The van der Waals surface area contributed by atoms with Crippen LogP contribution in [0.5, 0.6) is 0 Å². The van der Waals surface area contributed by atoms with E-state index in [1.165, 1.54) is 0 Å². The van der Waals surface area contributed by atoms with Gasteiger partial charge in [-0.1, -0.05) is 45.7 Å². The second-order valence-corrected chi connectivity index (χ2v) is 4.43. The highest BCUT2D eigenvalue weighted by Crippen LogP contribution is 2.29. The molecule has 0 fully saturated rings. The second kappa shape index (κ2) is 4.94. The molecule has 0 saturated carbocycles. The molecule has 0 radical (unpaired) electrons. The van der Waals surface area contributed by atoms with Crippen LogP contribution in [0.4, 0.5) is 0 Å². The molecule has 0 spiro atoms. The standard InChI is InChI=1S/C10H12BrClN2/c1-6(2)10(14-13)8-4-3-7(11)5-9(8)12/h3-5,10,14H,1,13H2,2H3. The molecule has 0 amide bonds. The fraction of sp³-hybridized carbons (Fsp3) is 0.200. The highest BCUT2D eigenvalue weighted by molar-refractivity contribution is 9.10. The molecule has 0 aromatic heterocycles. The fourth-order valence-electron chi connectivity index (χ4n) is 1.23. The summed E-state index contributed by atoms with van der Waals surface area (Å²) in [5.41, 5.74) is 4.54. The van der Waals surface area contributed by atoms with Crippen molar-refractivity contribution in [2.75, 3.05) is 0 Å². The van der Waals surface area contributed by atoms with E-state index in [0.29, 0.717) is 5.02 Å². The van der Waals surface area contributed by atoms with Crippen LogP contribution in [0.15, 0.2) is 34.8 Å². The first-order chi connectivity index (χ1) is 6.56. The number of nitrogens with two attached hydrogens (primary N) is 1. The van der Waals surface area contributed by atoms with Crippen molar-refractivity contribution in [2.24, 2.45) is 5.84 Å². The van der Waals surface area contributed by atoms with Crippen LogP contribution in [0.1, 0.15) is 18.5 Å². The molecule has 1 unspecified atom stereocenters. The molecule has 1 aromatic carbocycles. The summed E-state index contributed by atoms with van der Waals surface area (Å²) in [4.78, 5) is 0. The minimum Gasteiger partial charge on any atom is -0.271 e. The van der Waals surface area contributed by atoms with Crippen LogP contribution in [-0.4, -0.2) is 0 Å². The second-order valence-electron chi connectivity index (χ2n) is 3.11. The van der Waals surface area contributed by atoms with Gasteiger partial charge in [0, 0.05) is 9.50 Å². The zero-order valence-corrected chi connectivity index (χ0v) is 10.2. The average Bonchev–Trinajstić information content (AvgIpc) is 2.09. The molecule has 0 aliphatic carbocycles. The predicted octanol–water partition coefficient (Wildman–Crippen LogP) is 3.18. The molecule has 0 aliphatic heterocycles. The summed E-state index contributed by atoms with van der Waals surface area (Å²) >= 11 is 9.43. The first kappa shape index (κ1) is 11.7.